The third-order valence-electron chi connectivity index (χ3n) is 4.69. The van der Waals surface area contributed by atoms with Crippen LogP contribution in [0.2, 0.25) is 0 Å². The minimum absolute atomic E-state index is 0.355. The van der Waals surface area contributed by atoms with E-state index >= 15 is 0 Å². The first kappa shape index (κ1) is 26.7. The number of rotatable bonds is 10. The van der Waals surface area contributed by atoms with Crippen molar-refractivity contribution in [1.82, 2.24) is 5.43 Å². The number of para-hydroxylation sites is 1. The normalized spacial score (nSPS) is 11.3. The lowest BCUT2D eigenvalue weighted by atomic mass is 10.2. The van der Waals surface area contributed by atoms with Crippen molar-refractivity contribution in [3.05, 3.63) is 86.8 Å². The SMILES string of the molecule is COc1cc(/C=N\NC(=O)CN(c2ccccc2Br)S(C)(=O)=O)cc(Br)c1OCc1ccccc1. The van der Waals surface area contributed by atoms with Gasteiger partial charge < -0.3 is 9.47 Å². The maximum Gasteiger partial charge on any atom is 0.260 e. The second-order valence-corrected chi connectivity index (χ2v) is 10.9. The second kappa shape index (κ2) is 12.2. The Morgan fingerprint density at radius 3 is 2.40 bits per heavy atom. The molecule has 3 aromatic carbocycles. The number of nitrogens with zero attached hydrogens (tertiary/aromatic N) is 2. The minimum Gasteiger partial charge on any atom is -0.493 e. The van der Waals surface area contributed by atoms with Crippen molar-refractivity contribution in [3.8, 4) is 11.5 Å². The van der Waals surface area contributed by atoms with Crippen LogP contribution >= 0.6 is 31.9 Å². The molecule has 0 atom stereocenters. The number of ether oxygens (including phenoxy) is 2. The number of hydrogen-bond donors (Lipinski definition) is 1. The molecule has 1 N–H and O–H groups in total. The number of amides is 1. The highest BCUT2D eigenvalue weighted by molar-refractivity contribution is 9.11. The number of sulfonamides is 1. The van der Waals surface area contributed by atoms with Gasteiger partial charge in [0.1, 0.15) is 13.2 Å². The van der Waals surface area contributed by atoms with E-state index in [1.165, 1.54) is 13.3 Å². The van der Waals surface area contributed by atoms with Gasteiger partial charge in [0.05, 0.1) is 29.7 Å². The molecule has 11 heteroatoms. The van der Waals surface area contributed by atoms with E-state index in [0.717, 1.165) is 16.1 Å². The zero-order chi connectivity index (χ0) is 25.4. The number of carbonyl (C=O) groups is 1. The number of hydrazone groups is 1. The topological polar surface area (TPSA) is 97.3 Å². The van der Waals surface area contributed by atoms with Crippen molar-refractivity contribution in [2.75, 3.05) is 24.2 Å². The fourth-order valence-corrected chi connectivity index (χ4v) is 5.12. The summed E-state index contributed by atoms with van der Waals surface area (Å²) in [5.41, 5.74) is 4.36. The molecule has 0 fully saturated rings. The van der Waals surface area contributed by atoms with Crippen LogP contribution in [0, 0.1) is 0 Å². The number of methoxy groups -OCH3 is 1. The maximum atomic E-state index is 12.4. The molecule has 1 amide bonds. The summed E-state index contributed by atoms with van der Waals surface area (Å²) in [7, 11) is -2.17. The molecule has 0 aliphatic carbocycles. The average molecular weight is 625 g/mol. The Labute approximate surface area is 221 Å². The molecule has 0 bridgehead atoms. The number of benzene rings is 3. The first-order valence-electron chi connectivity index (χ1n) is 10.3. The van der Waals surface area contributed by atoms with Crippen molar-refractivity contribution >= 4 is 59.7 Å². The molecular formula is C24H23Br2N3O5S. The van der Waals surface area contributed by atoms with Gasteiger partial charge in [0.15, 0.2) is 11.5 Å². The molecular weight excluding hydrogens is 602 g/mol. The summed E-state index contributed by atoms with van der Waals surface area (Å²) in [6.07, 6.45) is 2.46. The van der Waals surface area contributed by atoms with Crippen molar-refractivity contribution in [1.29, 1.82) is 0 Å². The number of nitrogens with one attached hydrogen (secondary N) is 1. The van der Waals surface area contributed by atoms with E-state index in [-0.39, 0.29) is 0 Å². The van der Waals surface area contributed by atoms with Crippen LogP contribution in [0.1, 0.15) is 11.1 Å². The standard InChI is InChI=1S/C24H23Br2N3O5S/c1-33-22-13-18(12-20(26)24(22)34-16-17-8-4-3-5-9-17)14-27-28-23(30)15-29(35(2,31)32)21-11-7-6-10-19(21)25/h3-14H,15-16H2,1-2H3,(H,28,30)/b27-14-. The van der Waals surface area contributed by atoms with Crippen LogP contribution in [0.3, 0.4) is 0 Å². The monoisotopic (exact) mass is 623 g/mol. The third kappa shape index (κ3) is 7.55. The molecule has 0 saturated heterocycles. The van der Waals surface area contributed by atoms with E-state index in [4.69, 9.17) is 9.47 Å². The van der Waals surface area contributed by atoms with Crippen LogP contribution in [-0.4, -0.2) is 40.4 Å². The lowest BCUT2D eigenvalue weighted by molar-refractivity contribution is -0.119. The summed E-state index contributed by atoms with van der Waals surface area (Å²) in [5.74, 6) is 0.423. The Balaban J connectivity index is 1.68. The zero-order valence-corrected chi connectivity index (χ0v) is 22.9. The van der Waals surface area contributed by atoms with Crippen LogP contribution in [0.4, 0.5) is 5.69 Å². The lowest BCUT2D eigenvalue weighted by Gasteiger charge is -2.22. The van der Waals surface area contributed by atoms with Gasteiger partial charge in [-0.15, -0.1) is 0 Å². The van der Waals surface area contributed by atoms with Gasteiger partial charge in [-0.05, 0) is 67.3 Å². The Hall–Kier alpha value is -2.89. The van der Waals surface area contributed by atoms with Gasteiger partial charge in [-0.1, -0.05) is 42.5 Å². The number of anilines is 1. The molecule has 0 aliphatic rings. The fraction of sp³-hybridized carbons (Fsp3) is 0.167. The summed E-state index contributed by atoms with van der Waals surface area (Å²) in [6, 6.07) is 20.0. The predicted molar refractivity (Wildman–Crippen MR) is 144 cm³/mol. The van der Waals surface area contributed by atoms with Crippen LogP contribution in [0.25, 0.3) is 0 Å². The maximum absolute atomic E-state index is 12.4. The number of hydrogen-bond acceptors (Lipinski definition) is 6. The van der Waals surface area contributed by atoms with Crippen molar-refractivity contribution < 1.29 is 22.7 Å². The van der Waals surface area contributed by atoms with E-state index in [0.29, 0.717) is 38.3 Å². The molecule has 0 aliphatic heterocycles. The van der Waals surface area contributed by atoms with Crippen molar-refractivity contribution in [3.63, 3.8) is 0 Å². The molecule has 0 radical (unpaired) electrons. The van der Waals surface area contributed by atoms with Crippen LogP contribution in [0.5, 0.6) is 11.5 Å². The Morgan fingerprint density at radius 2 is 1.74 bits per heavy atom. The van der Waals surface area contributed by atoms with E-state index in [1.54, 1.807) is 36.4 Å². The average Bonchev–Trinajstić information content (AvgIpc) is 2.82. The van der Waals surface area contributed by atoms with Gasteiger partial charge in [-0.25, -0.2) is 13.8 Å². The Bertz CT molecular complexity index is 1320. The van der Waals surface area contributed by atoms with Gasteiger partial charge in [0.2, 0.25) is 10.0 Å². The molecule has 3 rings (SSSR count). The highest BCUT2D eigenvalue weighted by atomic mass is 79.9. The van der Waals surface area contributed by atoms with E-state index in [9.17, 15) is 13.2 Å². The summed E-state index contributed by atoms with van der Waals surface area (Å²) < 4.78 is 38.1. The van der Waals surface area contributed by atoms with E-state index in [2.05, 4.69) is 42.4 Å². The van der Waals surface area contributed by atoms with Crippen LogP contribution < -0.4 is 19.2 Å². The molecule has 0 unspecified atom stereocenters. The largest absolute Gasteiger partial charge is 0.493 e. The quantitative estimate of drug-likeness (QED) is 0.260. The lowest BCUT2D eigenvalue weighted by Crippen LogP contribution is -2.39. The van der Waals surface area contributed by atoms with Crippen LogP contribution in [0.15, 0.2) is 80.8 Å². The second-order valence-electron chi connectivity index (χ2n) is 7.32. The zero-order valence-electron chi connectivity index (χ0n) is 18.9. The first-order chi connectivity index (χ1) is 16.7. The molecule has 3 aromatic rings. The predicted octanol–water partition coefficient (Wildman–Crippen LogP) is 4.72. The van der Waals surface area contributed by atoms with Gasteiger partial charge in [-0.3, -0.25) is 9.10 Å². The number of carbonyl (C=O) groups excluding carboxylic acids is 1. The first-order valence-corrected chi connectivity index (χ1v) is 13.7. The Kier molecular flexibility index (Phi) is 9.30. The molecule has 35 heavy (non-hydrogen) atoms. The summed E-state index contributed by atoms with van der Waals surface area (Å²) in [6.45, 7) is -0.0638. The summed E-state index contributed by atoms with van der Waals surface area (Å²) in [5, 5.41) is 3.96. The van der Waals surface area contributed by atoms with Gasteiger partial charge in [0, 0.05) is 4.47 Å². The molecule has 0 heterocycles. The molecule has 184 valence electrons. The van der Waals surface area contributed by atoms with Gasteiger partial charge in [0.25, 0.3) is 5.91 Å². The molecule has 0 saturated carbocycles. The fourth-order valence-electron chi connectivity index (χ4n) is 3.06. The molecule has 0 spiro atoms. The highest BCUT2D eigenvalue weighted by Crippen LogP contribution is 2.37. The molecule has 8 nitrogen and oxygen atoms in total. The minimum atomic E-state index is -3.70. The van der Waals surface area contributed by atoms with Crippen molar-refractivity contribution in [2.24, 2.45) is 5.10 Å². The summed E-state index contributed by atoms with van der Waals surface area (Å²) >= 11 is 6.81. The van der Waals surface area contributed by atoms with Crippen LogP contribution in [-0.2, 0) is 21.4 Å². The van der Waals surface area contributed by atoms with Gasteiger partial charge in [-0.2, -0.15) is 5.10 Å². The number of halogens is 2. The smallest absolute Gasteiger partial charge is 0.260 e. The molecule has 0 aromatic heterocycles. The Morgan fingerprint density at radius 1 is 1.06 bits per heavy atom. The third-order valence-corrected chi connectivity index (χ3v) is 7.08. The van der Waals surface area contributed by atoms with E-state index < -0.39 is 22.5 Å². The summed E-state index contributed by atoms with van der Waals surface area (Å²) in [4.78, 5) is 12.4. The van der Waals surface area contributed by atoms with E-state index in [1.807, 2.05) is 30.3 Å². The highest BCUT2D eigenvalue weighted by Gasteiger charge is 2.22. The van der Waals surface area contributed by atoms with Crippen molar-refractivity contribution in [2.45, 2.75) is 6.61 Å². The van der Waals surface area contributed by atoms with Gasteiger partial charge >= 0.3 is 0 Å².